The molecule has 1 unspecified atom stereocenters. The molecule has 23 heavy (non-hydrogen) atoms. The number of carbonyl (C=O) groups is 2. The Morgan fingerprint density at radius 2 is 1.87 bits per heavy atom. The zero-order chi connectivity index (χ0) is 16.7. The van der Waals surface area contributed by atoms with Crippen molar-refractivity contribution >= 4 is 17.5 Å². The Morgan fingerprint density at radius 3 is 2.48 bits per heavy atom. The lowest BCUT2D eigenvalue weighted by Gasteiger charge is -2.29. The number of nitrogens with one attached hydrogen (secondary N) is 2. The van der Waals surface area contributed by atoms with Gasteiger partial charge in [-0.25, -0.2) is 0 Å². The summed E-state index contributed by atoms with van der Waals surface area (Å²) in [6.07, 6.45) is 0. The maximum Gasteiger partial charge on any atom is 0.251 e. The molecule has 126 valence electrons. The average molecular weight is 319 g/mol. The molecule has 2 rings (SSSR count). The van der Waals surface area contributed by atoms with Crippen LogP contribution in [-0.4, -0.2) is 56.1 Å². The van der Waals surface area contributed by atoms with Crippen molar-refractivity contribution in [1.82, 2.24) is 10.2 Å². The van der Waals surface area contributed by atoms with E-state index in [1.807, 2.05) is 0 Å². The molecular formula is C17H25N3O3. The van der Waals surface area contributed by atoms with Gasteiger partial charge in [0.1, 0.15) is 0 Å². The third-order valence-corrected chi connectivity index (χ3v) is 3.75. The Kier molecular flexibility index (Phi) is 6.55. The summed E-state index contributed by atoms with van der Waals surface area (Å²) in [5.74, 6) is 0.169. The van der Waals surface area contributed by atoms with Gasteiger partial charge in [0.05, 0.1) is 13.2 Å². The molecule has 2 N–H and O–H groups in total. The number of carbonyl (C=O) groups excluding carboxylic acids is 2. The highest BCUT2D eigenvalue weighted by Crippen LogP contribution is 2.10. The Hall–Kier alpha value is -1.92. The maximum absolute atomic E-state index is 12.1. The van der Waals surface area contributed by atoms with Crippen LogP contribution in [0.1, 0.15) is 24.2 Å². The van der Waals surface area contributed by atoms with Gasteiger partial charge in [-0.05, 0) is 30.2 Å². The van der Waals surface area contributed by atoms with E-state index in [1.54, 1.807) is 24.3 Å². The summed E-state index contributed by atoms with van der Waals surface area (Å²) in [5.41, 5.74) is 1.28. The summed E-state index contributed by atoms with van der Waals surface area (Å²) in [7, 11) is 0. The number of nitrogens with zero attached hydrogens (tertiary/aromatic N) is 1. The second kappa shape index (κ2) is 8.64. The van der Waals surface area contributed by atoms with Crippen molar-refractivity contribution in [2.75, 3.05) is 44.7 Å². The number of anilines is 1. The lowest BCUT2D eigenvalue weighted by molar-refractivity contribution is -0.114. The quantitative estimate of drug-likeness (QED) is 0.830. The molecule has 6 nitrogen and oxygen atoms in total. The first kappa shape index (κ1) is 17.4. The van der Waals surface area contributed by atoms with Crippen LogP contribution in [0.4, 0.5) is 5.69 Å². The third kappa shape index (κ3) is 6.00. The molecule has 1 heterocycles. The second-order valence-corrected chi connectivity index (χ2v) is 5.99. The first-order valence-electron chi connectivity index (χ1n) is 8.00. The van der Waals surface area contributed by atoms with Gasteiger partial charge in [-0.2, -0.15) is 0 Å². The van der Waals surface area contributed by atoms with E-state index >= 15 is 0 Å². The van der Waals surface area contributed by atoms with Crippen LogP contribution < -0.4 is 10.6 Å². The molecule has 1 aromatic rings. The molecule has 2 amide bonds. The van der Waals surface area contributed by atoms with Gasteiger partial charge < -0.3 is 15.4 Å². The van der Waals surface area contributed by atoms with E-state index in [2.05, 4.69) is 22.5 Å². The van der Waals surface area contributed by atoms with Gasteiger partial charge in [-0.15, -0.1) is 0 Å². The predicted octanol–water partition coefficient (Wildman–Crippen LogP) is 1.34. The van der Waals surface area contributed by atoms with Crippen LogP contribution in [0.3, 0.4) is 0 Å². The van der Waals surface area contributed by atoms with Gasteiger partial charge >= 0.3 is 0 Å². The molecule has 1 aromatic carbocycles. The molecular weight excluding hydrogens is 294 g/mol. The molecule has 6 heteroatoms. The van der Waals surface area contributed by atoms with E-state index in [0.29, 0.717) is 23.7 Å². The van der Waals surface area contributed by atoms with E-state index in [9.17, 15) is 9.59 Å². The van der Waals surface area contributed by atoms with Crippen molar-refractivity contribution in [3.8, 4) is 0 Å². The lowest BCUT2D eigenvalue weighted by atomic mass is 10.1. The maximum atomic E-state index is 12.1. The summed E-state index contributed by atoms with van der Waals surface area (Å²) in [6.45, 7) is 8.70. The molecule has 0 saturated carbocycles. The fraction of sp³-hybridized carbons (Fsp3) is 0.529. The molecule has 1 aliphatic rings. The zero-order valence-electron chi connectivity index (χ0n) is 13.8. The molecule has 0 aliphatic carbocycles. The van der Waals surface area contributed by atoms with E-state index in [1.165, 1.54) is 6.92 Å². The smallest absolute Gasteiger partial charge is 0.251 e. The molecule has 0 spiro atoms. The van der Waals surface area contributed by atoms with Gasteiger partial charge in [0, 0.05) is 44.4 Å². The number of benzene rings is 1. The van der Waals surface area contributed by atoms with Crippen molar-refractivity contribution in [1.29, 1.82) is 0 Å². The number of ether oxygens (including phenoxy) is 1. The van der Waals surface area contributed by atoms with Crippen molar-refractivity contribution in [3.05, 3.63) is 29.8 Å². The number of morpholine rings is 1. The molecule has 0 bridgehead atoms. The topological polar surface area (TPSA) is 70.7 Å². The van der Waals surface area contributed by atoms with Gasteiger partial charge in [-0.3, -0.25) is 14.5 Å². The number of amides is 2. The number of hydrogen-bond acceptors (Lipinski definition) is 4. The van der Waals surface area contributed by atoms with E-state index in [0.717, 1.165) is 32.8 Å². The van der Waals surface area contributed by atoms with Crippen LogP contribution in [0.2, 0.25) is 0 Å². The highest BCUT2D eigenvalue weighted by Gasteiger charge is 2.14. The minimum atomic E-state index is -0.126. The van der Waals surface area contributed by atoms with Crippen LogP contribution in [-0.2, 0) is 9.53 Å². The van der Waals surface area contributed by atoms with E-state index in [-0.39, 0.29) is 11.8 Å². The van der Waals surface area contributed by atoms with Crippen molar-refractivity contribution in [3.63, 3.8) is 0 Å². The van der Waals surface area contributed by atoms with E-state index < -0.39 is 0 Å². The Bertz CT molecular complexity index is 524. The highest BCUT2D eigenvalue weighted by molar-refractivity contribution is 5.95. The standard InChI is InChI=1S/C17H25N3O3/c1-13(12-20-7-9-23-10-8-20)11-18-17(22)15-3-5-16(6-4-15)19-14(2)21/h3-6,13H,7-12H2,1-2H3,(H,18,22)(H,19,21). The fourth-order valence-corrected chi connectivity index (χ4v) is 2.57. The van der Waals surface area contributed by atoms with Gasteiger partial charge in [0.2, 0.25) is 5.91 Å². The monoisotopic (exact) mass is 319 g/mol. The first-order valence-corrected chi connectivity index (χ1v) is 8.00. The third-order valence-electron chi connectivity index (χ3n) is 3.75. The Balaban J connectivity index is 1.76. The summed E-state index contributed by atoms with van der Waals surface area (Å²) < 4.78 is 5.33. The second-order valence-electron chi connectivity index (χ2n) is 5.99. The van der Waals surface area contributed by atoms with Crippen LogP contribution in [0.5, 0.6) is 0 Å². The summed E-state index contributed by atoms with van der Waals surface area (Å²) in [5, 5.41) is 5.64. The predicted molar refractivity (Wildman–Crippen MR) is 89.5 cm³/mol. The molecule has 1 fully saturated rings. The van der Waals surface area contributed by atoms with Crippen LogP contribution in [0, 0.1) is 5.92 Å². The highest BCUT2D eigenvalue weighted by atomic mass is 16.5. The number of rotatable bonds is 6. The minimum absolute atomic E-state index is 0.0896. The normalized spacial score (nSPS) is 16.6. The summed E-state index contributed by atoms with van der Waals surface area (Å²) in [4.78, 5) is 25.5. The lowest BCUT2D eigenvalue weighted by Crippen LogP contribution is -2.41. The molecule has 1 saturated heterocycles. The van der Waals surface area contributed by atoms with Gasteiger partial charge in [0.25, 0.3) is 5.91 Å². The van der Waals surface area contributed by atoms with Crippen molar-refractivity contribution in [2.24, 2.45) is 5.92 Å². The SMILES string of the molecule is CC(=O)Nc1ccc(C(=O)NCC(C)CN2CCOCC2)cc1. The zero-order valence-corrected chi connectivity index (χ0v) is 13.8. The molecule has 1 atom stereocenters. The molecule has 0 radical (unpaired) electrons. The number of hydrogen-bond donors (Lipinski definition) is 2. The van der Waals surface area contributed by atoms with Crippen molar-refractivity contribution < 1.29 is 14.3 Å². The van der Waals surface area contributed by atoms with Crippen LogP contribution >= 0.6 is 0 Å². The largest absolute Gasteiger partial charge is 0.379 e. The van der Waals surface area contributed by atoms with Gasteiger partial charge in [0.15, 0.2) is 0 Å². The fourth-order valence-electron chi connectivity index (χ4n) is 2.57. The average Bonchev–Trinajstić information content (AvgIpc) is 2.54. The van der Waals surface area contributed by atoms with E-state index in [4.69, 9.17) is 4.74 Å². The first-order chi connectivity index (χ1) is 11.0. The van der Waals surface area contributed by atoms with Crippen LogP contribution in [0.15, 0.2) is 24.3 Å². The molecule has 0 aromatic heterocycles. The minimum Gasteiger partial charge on any atom is -0.379 e. The Morgan fingerprint density at radius 1 is 1.22 bits per heavy atom. The van der Waals surface area contributed by atoms with Gasteiger partial charge in [-0.1, -0.05) is 6.92 Å². The summed E-state index contributed by atoms with van der Waals surface area (Å²) >= 11 is 0. The Labute approximate surface area is 137 Å². The van der Waals surface area contributed by atoms with Crippen molar-refractivity contribution in [2.45, 2.75) is 13.8 Å². The van der Waals surface area contributed by atoms with Crippen LogP contribution in [0.25, 0.3) is 0 Å². The molecule has 1 aliphatic heterocycles. The summed E-state index contributed by atoms with van der Waals surface area (Å²) in [6, 6.07) is 6.89.